The number of imide groups is 1. The average molecular weight is 279 g/mol. The van der Waals surface area contributed by atoms with Gasteiger partial charge in [0.05, 0.1) is 11.1 Å². The molecule has 0 spiro atoms. The summed E-state index contributed by atoms with van der Waals surface area (Å²) in [6, 6.07) is 4.45. The summed E-state index contributed by atoms with van der Waals surface area (Å²) in [4.78, 5) is 36.4. The van der Waals surface area contributed by atoms with Gasteiger partial charge in [-0.3, -0.25) is 19.3 Å². The second-order valence-corrected chi connectivity index (χ2v) is 4.42. The highest BCUT2D eigenvalue weighted by atomic mass is 35.5. The van der Waals surface area contributed by atoms with Gasteiger partial charge in [0.15, 0.2) is 0 Å². The number of carbonyl (C=O) groups is 3. The Hall–Kier alpha value is -2.14. The quantitative estimate of drug-likeness (QED) is 0.666. The van der Waals surface area contributed by atoms with Crippen LogP contribution in [0, 0.1) is 0 Å². The zero-order chi connectivity index (χ0) is 14.0. The van der Waals surface area contributed by atoms with Crippen LogP contribution in [0.2, 0.25) is 5.02 Å². The van der Waals surface area contributed by atoms with Gasteiger partial charge in [0.2, 0.25) is 5.91 Å². The first kappa shape index (κ1) is 13.3. The maximum atomic E-state index is 12.0. The van der Waals surface area contributed by atoms with Crippen LogP contribution in [0.5, 0.6) is 0 Å². The molecule has 1 aliphatic rings. The number of fused-ring (bicyclic) bond motifs is 1. The Labute approximate surface area is 114 Å². The van der Waals surface area contributed by atoms with E-state index in [0.29, 0.717) is 5.02 Å². The Balaban J connectivity index is 2.18. The molecule has 1 aromatic rings. The second-order valence-electron chi connectivity index (χ2n) is 3.98. The van der Waals surface area contributed by atoms with Crippen LogP contribution in [0.15, 0.2) is 30.9 Å². The molecule has 0 aromatic heterocycles. The first-order valence-corrected chi connectivity index (χ1v) is 5.95. The summed E-state index contributed by atoms with van der Waals surface area (Å²) in [5, 5.41) is 2.88. The van der Waals surface area contributed by atoms with Crippen LogP contribution in [0.3, 0.4) is 0 Å². The molecule has 1 aliphatic heterocycles. The zero-order valence-corrected chi connectivity index (χ0v) is 10.7. The van der Waals surface area contributed by atoms with Crippen molar-refractivity contribution in [3.8, 4) is 0 Å². The van der Waals surface area contributed by atoms with Crippen molar-refractivity contribution >= 4 is 29.3 Å². The Morgan fingerprint density at radius 3 is 2.68 bits per heavy atom. The van der Waals surface area contributed by atoms with Crippen molar-refractivity contribution in [2.75, 3.05) is 13.1 Å². The van der Waals surface area contributed by atoms with E-state index >= 15 is 0 Å². The Bertz CT molecular complexity index is 583. The summed E-state index contributed by atoms with van der Waals surface area (Å²) < 4.78 is 0. The van der Waals surface area contributed by atoms with Gasteiger partial charge < -0.3 is 5.32 Å². The summed E-state index contributed by atoms with van der Waals surface area (Å²) in [7, 11) is 0. The van der Waals surface area contributed by atoms with E-state index in [2.05, 4.69) is 11.9 Å². The van der Waals surface area contributed by atoms with Gasteiger partial charge in [-0.2, -0.15) is 0 Å². The average Bonchev–Trinajstić information content (AvgIpc) is 2.61. The molecule has 0 saturated carbocycles. The third-order valence-electron chi connectivity index (χ3n) is 2.68. The van der Waals surface area contributed by atoms with Crippen LogP contribution < -0.4 is 5.32 Å². The molecule has 0 atom stereocenters. The third-order valence-corrected chi connectivity index (χ3v) is 2.91. The van der Waals surface area contributed by atoms with Crippen LogP contribution >= 0.6 is 11.6 Å². The lowest BCUT2D eigenvalue weighted by molar-refractivity contribution is -0.121. The molecule has 5 nitrogen and oxygen atoms in total. The number of hydrogen-bond acceptors (Lipinski definition) is 3. The second kappa shape index (κ2) is 5.24. The van der Waals surface area contributed by atoms with Gasteiger partial charge in [0, 0.05) is 11.6 Å². The molecule has 19 heavy (non-hydrogen) atoms. The van der Waals surface area contributed by atoms with Gasteiger partial charge in [0.1, 0.15) is 6.54 Å². The summed E-state index contributed by atoms with van der Waals surface area (Å²) >= 11 is 5.79. The maximum absolute atomic E-state index is 12.0. The van der Waals surface area contributed by atoms with Crippen molar-refractivity contribution in [1.82, 2.24) is 10.2 Å². The monoisotopic (exact) mass is 278 g/mol. The van der Waals surface area contributed by atoms with E-state index in [-0.39, 0.29) is 24.2 Å². The first-order chi connectivity index (χ1) is 9.04. The minimum absolute atomic E-state index is 0.231. The Morgan fingerprint density at radius 2 is 2.00 bits per heavy atom. The molecule has 1 N–H and O–H groups in total. The van der Waals surface area contributed by atoms with Crippen molar-refractivity contribution in [3.05, 3.63) is 47.0 Å². The molecular weight excluding hydrogens is 268 g/mol. The Morgan fingerprint density at radius 1 is 1.32 bits per heavy atom. The number of amides is 3. The molecule has 0 saturated heterocycles. The van der Waals surface area contributed by atoms with Gasteiger partial charge in [0.25, 0.3) is 11.8 Å². The normalized spacial score (nSPS) is 13.4. The number of halogens is 1. The molecule has 0 unspecified atom stereocenters. The third kappa shape index (κ3) is 2.51. The molecule has 0 bridgehead atoms. The fourth-order valence-electron chi connectivity index (χ4n) is 1.79. The van der Waals surface area contributed by atoms with E-state index in [0.717, 1.165) is 4.90 Å². The minimum Gasteiger partial charge on any atom is -0.351 e. The van der Waals surface area contributed by atoms with Gasteiger partial charge in [-0.15, -0.1) is 6.58 Å². The van der Waals surface area contributed by atoms with Gasteiger partial charge in [-0.1, -0.05) is 17.7 Å². The number of carbonyl (C=O) groups excluding carboxylic acids is 3. The highest BCUT2D eigenvalue weighted by Gasteiger charge is 2.36. The highest BCUT2D eigenvalue weighted by molar-refractivity contribution is 6.32. The van der Waals surface area contributed by atoms with Gasteiger partial charge >= 0.3 is 0 Å². The highest BCUT2D eigenvalue weighted by Crippen LogP contribution is 2.25. The molecule has 1 heterocycles. The standard InChI is InChI=1S/C13H11ClN2O3/c1-2-5-15-11(17)7-16-12(18)9-4-3-8(14)6-10(9)13(16)19/h2-4,6H,1,5,7H2,(H,15,17). The number of benzene rings is 1. The van der Waals surface area contributed by atoms with Crippen molar-refractivity contribution in [2.45, 2.75) is 0 Å². The number of nitrogens with one attached hydrogen (secondary N) is 1. The molecule has 0 aliphatic carbocycles. The minimum atomic E-state index is -0.503. The number of nitrogens with zero attached hydrogens (tertiary/aromatic N) is 1. The van der Waals surface area contributed by atoms with Crippen molar-refractivity contribution in [1.29, 1.82) is 0 Å². The van der Waals surface area contributed by atoms with E-state index in [1.165, 1.54) is 24.3 Å². The topological polar surface area (TPSA) is 66.5 Å². The lowest BCUT2D eigenvalue weighted by atomic mass is 10.1. The lowest BCUT2D eigenvalue weighted by Gasteiger charge is -2.12. The van der Waals surface area contributed by atoms with Gasteiger partial charge in [-0.25, -0.2) is 0 Å². The summed E-state index contributed by atoms with van der Waals surface area (Å²) in [5.74, 6) is -1.40. The zero-order valence-electron chi connectivity index (χ0n) is 9.98. The molecule has 6 heteroatoms. The fourth-order valence-corrected chi connectivity index (χ4v) is 1.96. The largest absolute Gasteiger partial charge is 0.351 e. The van der Waals surface area contributed by atoms with E-state index in [9.17, 15) is 14.4 Å². The molecule has 3 amide bonds. The predicted octanol–water partition coefficient (Wildman–Crippen LogP) is 1.24. The number of hydrogen-bond donors (Lipinski definition) is 1. The van der Waals surface area contributed by atoms with E-state index in [1.807, 2.05) is 0 Å². The van der Waals surface area contributed by atoms with Crippen molar-refractivity contribution in [3.63, 3.8) is 0 Å². The predicted molar refractivity (Wildman–Crippen MR) is 70.0 cm³/mol. The summed E-state index contributed by atoms with van der Waals surface area (Å²) in [6.45, 7) is 3.44. The van der Waals surface area contributed by atoms with E-state index in [4.69, 9.17) is 11.6 Å². The van der Waals surface area contributed by atoms with Crippen LogP contribution in [0.25, 0.3) is 0 Å². The van der Waals surface area contributed by atoms with Crippen LogP contribution in [-0.4, -0.2) is 35.7 Å². The van der Waals surface area contributed by atoms with E-state index < -0.39 is 17.7 Å². The molecule has 2 rings (SSSR count). The van der Waals surface area contributed by atoms with Crippen LogP contribution in [0.4, 0.5) is 0 Å². The molecular formula is C13H11ClN2O3. The van der Waals surface area contributed by atoms with Gasteiger partial charge in [-0.05, 0) is 18.2 Å². The van der Waals surface area contributed by atoms with Crippen LogP contribution in [0.1, 0.15) is 20.7 Å². The molecule has 0 fully saturated rings. The SMILES string of the molecule is C=CCNC(=O)CN1C(=O)c2ccc(Cl)cc2C1=O. The first-order valence-electron chi connectivity index (χ1n) is 5.58. The Kier molecular flexibility index (Phi) is 3.66. The van der Waals surface area contributed by atoms with Crippen molar-refractivity contribution < 1.29 is 14.4 Å². The molecule has 98 valence electrons. The smallest absolute Gasteiger partial charge is 0.262 e. The van der Waals surface area contributed by atoms with E-state index in [1.54, 1.807) is 0 Å². The summed E-state index contributed by atoms with van der Waals surface area (Å²) in [5.41, 5.74) is 0.500. The number of rotatable bonds is 4. The molecule has 1 aromatic carbocycles. The molecule has 0 radical (unpaired) electrons. The van der Waals surface area contributed by atoms with Crippen molar-refractivity contribution in [2.24, 2.45) is 0 Å². The van der Waals surface area contributed by atoms with Crippen LogP contribution in [-0.2, 0) is 4.79 Å². The fraction of sp³-hybridized carbons (Fsp3) is 0.154. The maximum Gasteiger partial charge on any atom is 0.262 e. The lowest BCUT2D eigenvalue weighted by Crippen LogP contribution is -2.40. The summed E-state index contributed by atoms with van der Waals surface area (Å²) in [6.07, 6.45) is 1.51.